The fraction of sp³-hybridized carbons (Fsp3) is 0. The molecule has 2 aromatic heterocycles. The van der Waals surface area contributed by atoms with Gasteiger partial charge in [0.1, 0.15) is 11.5 Å². The number of hydrogen-bond donors (Lipinski definition) is 2. The number of hydrogen-bond acceptors (Lipinski definition) is 6. The normalized spacial score (nSPS) is 11.1. The Bertz CT molecular complexity index is 1580. The van der Waals surface area contributed by atoms with Gasteiger partial charge in [0.2, 0.25) is 0 Å². The molecule has 0 aliphatic heterocycles. The van der Waals surface area contributed by atoms with Gasteiger partial charge in [-0.15, -0.1) is 11.3 Å². The minimum Gasteiger partial charge on any atom is -0.455 e. The van der Waals surface area contributed by atoms with E-state index in [1.165, 1.54) is 17.6 Å². The number of benzene rings is 3. The standard InChI is InChI=1S/C27H17Cl3N4O2S/c28-18-8-10-19(11-9-18)32-27-33-23(15-37-27)16-4-6-17(7-5-16)26(35)34-31-14-20-12-13-24(36-20)21-2-1-3-22(29)25(21)30/h1-15H,(H,32,33)(H,34,35)/b31-14-. The molecule has 37 heavy (non-hydrogen) atoms. The van der Waals surface area contributed by atoms with Crippen LogP contribution in [0, 0.1) is 0 Å². The molecule has 2 heterocycles. The van der Waals surface area contributed by atoms with E-state index in [0.29, 0.717) is 37.7 Å². The number of furan rings is 1. The van der Waals surface area contributed by atoms with E-state index < -0.39 is 0 Å². The third-order valence-electron chi connectivity index (χ3n) is 5.24. The van der Waals surface area contributed by atoms with Gasteiger partial charge in [0.15, 0.2) is 5.13 Å². The Morgan fingerprint density at radius 1 is 0.946 bits per heavy atom. The van der Waals surface area contributed by atoms with Crippen LogP contribution in [0.3, 0.4) is 0 Å². The van der Waals surface area contributed by atoms with Gasteiger partial charge in [-0.1, -0.05) is 53.0 Å². The van der Waals surface area contributed by atoms with Crippen molar-refractivity contribution in [1.82, 2.24) is 10.4 Å². The SMILES string of the molecule is O=C(N/N=C\c1ccc(-c2cccc(Cl)c2Cl)o1)c1ccc(-c2csc(Nc3ccc(Cl)cc3)n2)cc1. The molecule has 184 valence electrons. The van der Waals surface area contributed by atoms with Gasteiger partial charge in [0.05, 0.1) is 22.0 Å². The number of rotatable bonds is 7. The highest BCUT2D eigenvalue weighted by Crippen LogP contribution is 2.34. The molecule has 5 rings (SSSR count). The number of carbonyl (C=O) groups is 1. The Kier molecular flexibility index (Phi) is 7.58. The number of aromatic nitrogens is 1. The maximum absolute atomic E-state index is 12.5. The van der Waals surface area contributed by atoms with E-state index in [4.69, 9.17) is 39.2 Å². The van der Waals surface area contributed by atoms with Crippen LogP contribution in [-0.2, 0) is 0 Å². The fourth-order valence-corrected chi connectivity index (χ4v) is 4.65. The Hall–Kier alpha value is -3.62. The van der Waals surface area contributed by atoms with Gasteiger partial charge in [0, 0.05) is 32.8 Å². The van der Waals surface area contributed by atoms with E-state index in [1.807, 2.05) is 47.8 Å². The molecule has 0 aliphatic rings. The number of carbonyl (C=O) groups excluding carboxylic acids is 1. The maximum Gasteiger partial charge on any atom is 0.271 e. The second kappa shape index (κ2) is 11.2. The van der Waals surface area contributed by atoms with Crippen LogP contribution in [0.1, 0.15) is 16.1 Å². The molecule has 0 atom stereocenters. The van der Waals surface area contributed by atoms with Gasteiger partial charge in [-0.3, -0.25) is 4.79 Å². The van der Waals surface area contributed by atoms with Crippen molar-refractivity contribution in [3.63, 3.8) is 0 Å². The minimum atomic E-state index is -0.351. The van der Waals surface area contributed by atoms with Crippen LogP contribution in [0.15, 0.2) is 93.8 Å². The third-order valence-corrected chi connectivity index (χ3v) is 7.07. The zero-order valence-electron chi connectivity index (χ0n) is 18.9. The summed E-state index contributed by atoms with van der Waals surface area (Å²) in [4.78, 5) is 17.1. The van der Waals surface area contributed by atoms with Crippen molar-refractivity contribution in [3.05, 3.63) is 111 Å². The van der Waals surface area contributed by atoms with Crippen LogP contribution < -0.4 is 10.7 Å². The first kappa shape index (κ1) is 25.0. The third kappa shape index (κ3) is 6.03. The average molecular weight is 568 g/mol. The molecule has 0 aliphatic carbocycles. The van der Waals surface area contributed by atoms with Crippen LogP contribution >= 0.6 is 46.1 Å². The first-order valence-corrected chi connectivity index (χ1v) is 12.9. The van der Waals surface area contributed by atoms with Gasteiger partial charge in [-0.25, -0.2) is 10.4 Å². The summed E-state index contributed by atoms with van der Waals surface area (Å²) in [5, 5.41) is 11.5. The lowest BCUT2D eigenvalue weighted by atomic mass is 10.1. The number of nitrogens with one attached hydrogen (secondary N) is 2. The van der Waals surface area contributed by atoms with E-state index in [9.17, 15) is 4.79 Å². The molecule has 10 heteroatoms. The van der Waals surface area contributed by atoms with Crippen molar-refractivity contribution < 1.29 is 9.21 Å². The summed E-state index contributed by atoms with van der Waals surface area (Å²) in [6.07, 6.45) is 1.42. The Morgan fingerprint density at radius 2 is 1.73 bits per heavy atom. The topological polar surface area (TPSA) is 79.5 Å². The molecule has 6 nitrogen and oxygen atoms in total. The molecule has 0 radical (unpaired) electrons. The highest BCUT2D eigenvalue weighted by molar-refractivity contribution is 7.14. The van der Waals surface area contributed by atoms with Gasteiger partial charge >= 0.3 is 0 Å². The molecule has 0 spiro atoms. The van der Waals surface area contributed by atoms with Crippen LogP contribution in [-0.4, -0.2) is 17.1 Å². The second-order valence-electron chi connectivity index (χ2n) is 7.75. The first-order chi connectivity index (χ1) is 18.0. The lowest BCUT2D eigenvalue weighted by Crippen LogP contribution is -2.17. The number of anilines is 2. The number of amides is 1. The molecule has 0 unspecified atom stereocenters. The second-order valence-corrected chi connectivity index (χ2v) is 9.83. The van der Waals surface area contributed by atoms with Gasteiger partial charge < -0.3 is 9.73 Å². The van der Waals surface area contributed by atoms with Crippen molar-refractivity contribution >= 4 is 69.1 Å². The molecule has 0 saturated heterocycles. The maximum atomic E-state index is 12.5. The lowest BCUT2D eigenvalue weighted by Gasteiger charge is -2.03. The summed E-state index contributed by atoms with van der Waals surface area (Å²) in [5.74, 6) is 0.647. The van der Waals surface area contributed by atoms with Crippen molar-refractivity contribution in [1.29, 1.82) is 0 Å². The van der Waals surface area contributed by atoms with Crippen molar-refractivity contribution in [2.24, 2.45) is 5.10 Å². The summed E-state index contributed by atoms with van der Waals surface area (Å²) < 4.78 is 5.74. The summed E-state index contributed by atoms with van der Waals surface area (Å²) >= 11 is 19.7. The molecule has 1 amide bonds. The molecule has 2 N–H and O–H groups in total. The van der Waals surface area contributed by atoms with Crippen LogP contribution in [0.2, 0.25) is 15.1 Å². The highest BCUT2D eigenvalue weighted by atomic mass is 35.5. The number of halogens is 3. The molecule has 0 bridgehead atoms. The first-order valence-electron chi connectivity index (χ1n) is 10.9. The van der Waals surface area contributed by atoms with E-state index in [1.54, 1.807) is 36.4 Å². The molecule has 0 saturated carbocycles. The lowest BCUT2D eigenvalue weighted by molar-refractivity contribution is 0.0955. The average Bonchev–Trinajstić information content (AvgIpc) is 3.57. The Morgan fingerprint density at radius 3 is 2.51 bits per heavy atom. The number of thiazole rings is 1. The smallest absolute Gasteiger partial charge is 0.271 e. The van der Waals surface area contributed by atoms with Crippen molar-refractivity contribution in [2.45, 2.75) is 0 Å². The minimum absolute atomic E-state index is 0.351. The quantitative estimate of drug-likeness (QED) is 0.153. The highest BCUT2D eigenvalue weighted by Gasteiger charge is 2.11. The zero-order valence-corrected chi connectivity index (χ0v) is 22.0. The van der Waals surface area contributed by atoms with E-state index in [0.717, 1.165) is 22.1 Å². The number of hydrazone groups is 1. The van der Waals surface area contributed by atoms with Crippen LogP contribution in [0.4, 0.5) is 10.8 Å². The molecule has 0 fully saturated rings. The fourth-order valence-electron chi connectivity index (χ4n) is 3.39. The Balaban J connectivity index is 1.19. The predicted molar refractivity (Wildman–Crippen MR) is 152 cm³/mol. The van der Waals surface area contributed by atoms with E-state index >= 15 is 0 Å². The van der Waals surface area contributed by atoms with Crippen LogP contribution in [0.25, 0.3) is 22.6 Å². The van der Waals surface area contributed by atoms with E-state index in [-0.39, 0.29) is 5.91 Å². The summed E-state index contributed by atoms with van der Waals surface area (Å²) in [7, 11) is 0. The monoisotopic (exact) mass is 566 g/mol. The summed E-state index contributed by atoms with van der Waals surface area (Å²) in [6, 6.07) is 23.3. The van der Waals surface area contributed by atoms with Crippen LogP contribution in [0.5, 0.6) is 0 Å². The largest absolute Gasteiger partial charge is 0.455 e. The zero-order chi connectivity index (χ0) is 25.8. The van der Waals surface area contributed by atoms with Gasteiger partial charge in [-0.2, -0.15) is 5.10 Å². The van der Waals surface area contributed by atoms with Crippen molar-refractivity contribution in [2.75, 3.05) is 5.32 Å². The summed E-state index contributed by atoms with van der Waals surface area (Å²) in [5.41, 5.74) is 6.23. The van der Waals surface area contributed by atoms with Crippen molar-refractivity contribution in [3.8, 4) is 22.6 Å². The Labute approximate surface area is 231 Å². The van der Waals surface area contributed by atoms with E-state index in [2.05, 4.69) is 20.8 Å². The molecule has 3 aromatic carbocycles. The molecular weight excluding hydrogens is 551 g/mol. The van der Waals surface area contributed by atoms with Gasteiger partial charge in [0.25, 0.3) is 5.91 Å². The predicted octanol–water partition coefficient (Wildman–Crippen LogP) is 8.54. The molecule has 5 aromatic rings. The number of nitrogens with zero attached hydrogens (tertiary/aromatic N) is 2. The molecular formula is C27H17Cl3N4O2S. The summed E-state index contributed by atoms with van der Waals surface area (Å²) in [6.45, 7) is 0. The van der Waals surface area contributed by atoms with Gasteiger partial charge in [-0.05, 0) is 60.7 Å².